The van der Waals surface area contributed by atoms with Crippen molar-refractivity contribution in [3.05, 3.63) is 35.9 Å². The first kappa shape index (κ1) is 13.5. The topological polar surface area (TPSA) is 55.8 Å². The Morgan fingerprint density at radius 2 is 2.05 bits per heavy atom. The second-order valence-electron chi connectivity index (χ2n) is 4.41. The summed E-state index contributed by atoms with van der Waals surface area (Å²) in [7, 11) is 0. The number of Topliss-reactive ketones (excluding diaryl/α,β-unsaturated/α-hetero) is 1. The normalized spacial score (nSPS) is 23.4. The van der Waals surface area contributed by atoms with Gasteiger partial charge in [-0.2, -0.15) is 0 Å². The first-order valence-corrected chi connectivity index (χ1v) is 6.34. The average Bonchev–Trinajstić information content (AvgIpc) is 2.68. The van der Waals surface area contributed by atoms with E-state index in [1.54, 1.807) is 13.8 Å². The molecule has 2 atom stereocenters. The lowest BCUT2D eigenvalue weighted by Crippen LogP contribution is -2.34. The molecule has 1 aromatic carbocycles. The molecule has 1 aliphatic rings. The number of ether oxygens (including phenoxy) is 1. The number of carbonyl (C=O) groups is 2. The van der Waals surface area contributed by atoms with E-state index in [0.29, 0.717) is 6.42 Å². The molecule has 1 aromatic rings. The summed E-state index contributed by atoms with van der Waals surface area (Å²) < 4.78 is 4.76. The van der Waals surface area contributed by atoms with Gasteiger partial charge in [-0.15, -0.1) is 5.06 Å². The second kappa shape index (κ2) is 5.84. The van der Waals surface area contributed by atoms with Crippen LogP contribution in [0.4, 0.5) is 4.79 Å². The van der Waals surface area contributed by atoms with Crippen molar-refractivity contribution in [3.63, 3.8) is 0 Å². The molecule has 0 spiro atoms. The maximum atomic E-state index is 11.8. The van der Waals surface area contributed by atoms with E-state index in [9.17, 15) is 9.59 Å². The number of ketones is 1. The monoisotopic (exact) mass is 263 g/mol. The lowest BCUT2D eigenvalue weighted by atomic mass is 10.1. The Morgan fingerprint density at radius 1 is 1.37 bits per heavy atom. The number of rotatable bonds is 3. The predicted molar refractivity (Wildman–Crippen MR) is 68.2 cm³/mol. The zero-order chi connectivity index (χ0) is 13.8. The molecule has 0 aliphatic carbocycles. The highest BCUT2D eigenvalue weighted by Crippen LogP contribution is 2.34. The Morgan fingerprint density at radius 3 is 2.68 bits per heavy atom. The lowest BCUT2D eigenvalue weighted by molar-refractivity contribution is -0.161. The van der Waals surface area contributed by atoms with Gasteiger partial charge in [0.15, 0.2) is 5.78 Å². The predicted octanol–water partition coefficient (Wildman–Crippen LogP) is 2.48. The van der Waals surface area contributed by atoms with Gasteiger partial charge in [0.05, 0.1) is 12.6 Å². The highest BCUT2D eigenvalue weighted by atomic mass is 16.8. The van der Waals surface area contributed by atoms with Gasteiger partial charge in [-0.05, 0) is 19.4 Å². The van der Waals surface area contributed by atoms with Crippen LogP contribution in [-0.4, -0.2) is 29.7 Å². The van der Waals surface area contributed by atoms with Gasteiger partial charge in [0, 0.05) is 6.42 Å². The molecule has 0 bridgehead atoms. The van der Waals surface area contributed by atoms with Gasteiger partial charge in [0.2, 0.25) is 0 Å². The second-order valence-corrected chi connectivity index (χ2v) is 4.41. The summed E-state index contributed by atoms with van der Waals surface area (Å²) in [4.78, 5) is 28.4. The maximum Gasteiger partial charge on any atom is 0.527 e. The van der Waals surface area contributed by atoms with E-state index in [0.717, 1.165) is 5.56 Å². The fourth-order valence-corrected chi connectivity index (χ4v) is 2.18. The molecule has 0 radical (unpaired) electrons. The first-order valence-electron chi connectivity index (χ1n) is 6.34. The molecule has 102 valence electrons. The third-order valence-electron chi connectivity index (χ3n) is 3.18. The van der Waals surface area contributed by atoms with Crippen LogP contribution in [0.5, 0.6) is 0 Å². The fraction of sp³-hybridized carbons (Fsp3) is 0.429. The minimum Gasteiger partial charge on any atom is -0.433 e. The maximum absolute atomic E-state index is 11.8. The molecule has 0 N–H and O–H groups in total. The zero-order valence-electron chi connectivity index (χ0n) is 11.0. The Balaban J connectivity index is 2.17. The molecule has 2 rings (SSSR count). The van der Waals surface area contributed by atoms with Crippen molar-refractivity contribution in [3.8, 4) is 0 Å². The molecule has 0 unspecified atom stereocenters. The van der Waals surface area contributed by atoms with E-state index in [2.05, 4.69) is 0 Å². The molecular formula is C14H17NO4. The van der Waals surface area contributed by atoms with Crippen LogP contribution in [0, 0.1) is 0 Å². The zero-order valence-corrected chi connectivity index (χ0v) is 11.0. The summed E-state index contributed by atoms with van der Waals surface area (Å²) in [5.74, 6) is 0.0538. The molecule has 0 aromatic heterocycles. The smallest absolute Gasteiger partial charge is 0.433 e. The molecule has 0 amide bonds. The van der Waals surface area contributed by atoms with Gasteiger partial charge in [-0.3, -0.25) is 4.79 Å². The summed E-state index contributed by atoms with van der Waals surface area (Å²) >= 11 is 0. The molecule has 1 aliphatic heterocycles. The molecule has 1 saturated heterocycles. The Kier molecular flexibility index (Phi) is 4.16. The van der Waals surface area contributed by atoms with Crippen molar-refractivity contribution < 1.29 is 19.2 Å². The van der Waals surface area contributed by atoms with Crippen LogP contribution in [0.2, 0.25) is 0 Å². The number of hydrogen-bond acceptors (Lipinski definition) is 5. The van der Waals surface area contributed by atoms with Gasteiger partial charge in [-0.25, -0.2) is 4.79 Å². The van der Waals surface area contributed by atoms with E-state index in [-0.39, 0.29) is 18.4 Å². The molecule has 5 nitrogen and oxygen atoms in total. The summed E-state index contributed by atoms with van der Waals surface area (Å²) in [6, 6.07) is 8.83. The molecule has 0 saturated carbocycles. The van der Waals surface area contributed by atoms with Crippen molar-refractivity contribution in [1.29, 1.82) is 0 Å². The number of nitrogens with zero attached hydrogens (tertiary/aromatic N) is 1. The minimum atomic E-state index is -0.773. The van der Waals surface area contributed by atoms with Gasteiger partial charge >= 0.3 is 6.16 Å². The highest BCUT2D eigenvalue weighted by Gasteiger charge is 2.41. The Hall–Kier alpha value is -1.88. The third kappa shape index (κ3) is 2.93. The van der Waals surface area contributed by atoms with Crippen LogP contribution < -0.4 is 0 Å². The van der Waals surface area contributed by atoms with Crippen LogP contribution >= 0.6 is 0 Å². The SMILES string of the molecule is CCOC(=O)ON1[C@H](C)C(=O)C[C@H]1c1ccccc1. The van der Waals surface area contributed by atoms with E-state index in [1.165, 1.54) is 5.06 Å². The highest BCUT2D eigenvalue weighted by molar-refractivity contribution is 5.86. The van der Waals surface area contributed by atoms with Crippen molar-refractivity contribution in [2.75, 3.05) is 6.61 Å². The lowest BCUT2D eigenvalue weighted by Gasteiger charge is -2.25. The van der Waals surface area contributed by atoms with Crippen LogP contribution in [0.3, 0.4) is 0 Å². The fourth-order valence-electron chi connectivity index (χ4n) is 2.18. The van der Waals surface area contributed by atoms with E-state index < -0.39 is 12.2 Å². The van der Waals surface area contributed by atoms with Gasteiger partial charge in [0.25, 0.3) is 0 Å². The van der Waals surface area contributed by atoms with Gasteiger partial charge in [-0.1, -0.05) is 30.3 Å². The summed E-state index contributed by atoms with van der Waals surface area (Å²) in [5.41, 5.74) is 0.949. The molecular weight excluding hydrogens is 246 g/mol. The summed E-state index contributed by atoms with van der Waals surface area (Å²) in [5, 5.41) is 1.43. The molecule has 5 heteroatoms. The summed E-state index contributed by atoms with van der Waals surface area (Å²) in [6.45, 7) is 3.67. The van der Waals surface area contributed by atoms with Crippen LogP contribution in [-0.2, 0) is 14.4 Å². The quantitative estimate of drug-likeness (QED) is 0.784. The number of hydrogen-bond donors (Lipinski definition) is 0. The van der Waals surface area contributed by atoms with Crippen LogP contribution in [0.1, 0.15) is 31.9 Å². The standard InChI is InChI=1S/C14H17NO4/c1-3-18-14(17)19-15-10(2)13(16)9-12(15)11-7-5-4-6-8-11/h4-8,10,12H,3,9H2,1-2H3/t10-,12+/m1/s1. The van der Waals surface area contributed by atoms with Gasteiger partial charge in [0.1, 0.15) is 6.04 Å². The van der Waals surface area contributed by atoms with Crippen molar-refractivity contribution >= 4 is 11.9 Å². The minimum absolute atomic E-state index is 0.0538. The first-order chi connectivity index (χ1) is 9.13. The van der Waals surface area contributed by atoms with Crippen molar-refractivity contribution in [2.24, 2.45) is 0 Å². The molecule has 1 heterocycles. The Labute approximate surface area is 112 Å². The van der Waals surface area contributed by atoms with E-state index in [1.807, 2.05) is 30.3 Å². The molecule has 1 fully saturated rings. The largest absolute Gasteiger partial charge is 0.527 e. The molecule has 19 heavy (non-hydrogen) atoms. The van der Waals surface area contributed by atoms with E-state index in [4.69, 9.17) is 9.57 Å². The van der Waals surface area contributed by atoms with Crippen LogP contribution in [0.25, 0.3) is 0 Å². The number of benzene rings is 1. The van der Waals surface area contributed by atoms with Gasteiger partial charge < -0.3 is 9.57 Å². The van der Waals surface area contributed by atoms with Crippen LogP contribution in [0.15, 0.2) is 30.3 Å². The number of hydroxylamine groups is 2. The third-order valence-corrected chi connectivity index (χ3v) is 3.18. The van der Waals surface area contributed by atoms with Crippen molar-refractivity contribution in [1.82, 2.24) is 5.06 Å². The Bertz CT molecular complexity index is 460. The number of carbonyl (C=O) groups excluding carboxylic acids is 2. The summed E-state index contributed by atoms with van der Waals surface area (Å²) in [6.07, 6.45) is -0.435. The van der Waals surface area contributed by atoms with Crippen molar-refractivity contribution in [2.45, 2.75) is 32.4 Å². The average molecular weight is 263 g/mol. The van der Waals surface area contributed by atoms with E-state index >= 15 is 0 Å².